The summed E-state index contributed by atoms with van der Waals surface area (Å²) in [4.78, 5) is 12.3. The summed E-state index contributed by atoms with van der Waals surface area (Å²) in [5.74, 6) is 0. The van der Waals surface area contributed by atoms with Crippen LogP contribution in [-0.4, -0.2) is 31.4 Å². The smallest absolute Gasteiger partial charge is 0.160 e. The van der Waals surface area contributed by atoms with Crippen LogP contribution in [0.5, 0.6) is 0 Å². The van der Waals surface area contributed by atoms with Crippen LogP contribution in [0.4, 0.5) is 0 Å². The Labute approximate surface area is 170 Å². The van der Waals surface area contributed by atoms with Crippen LogP contribution < -0.4 is 0 Å². The van der Waals surface area contributed by atoms with Crippen molar-refractivity contribution in [3.63, 3.8) is 0 Å². The van der Waals surface area contributed by atoms with Gasteiger partial charge >= 0.3 is 0 Å². The second-order valence-electron chi connectivity index (χ2n) is 7.63. The van der Waals surface area contributed by atoms with E-state index in [1.54, 1.807) is 0 Å². The summed E-state index contributed by atoms with van der Waals surface area (Å²) >= 11 is 1.89. The highest BCUT2D eigenvalue weighted by Gasteiger charge is 2.44. The van der Waals surface area contributed by atoms with Gasteiger partial charge in [-0.15, -0.1) is 0 Å². The Balaban J connectivity index is 1.63. The van der Waals surface area contributed by atoms with Crippen molar-refractivity contribution in [1.82, 2.24) is 14.5 Å². The summed E-state index contributed by atoms with van der Waals surface area (Å²) in [5.41, 5.74) is 6.15. The van der Waals surface area contributed by atoms with E-state index in [9.17, 15) is 0 Å². The third kappa shape index (κ3) is 2.76. The van der Waals surface area contributed by atoms with Gasteiger partial charge in [0.15, 0.2) is 5.17 Å². The number of benzene rings is 1. The van der Waals surface area contributed by atoms with Crippen LogP contribution in [-0.2, 0) is 0 Å². The highest BCUT2D eigenvalue weighted by atomic mass is 32.2. The van der Waals surface area contributed by atoms with Crippen LogP contribution in [0, 0.1) is 13.8 Å². The molecule has 142 valence electrons. The van der Waals surface area contributed by atoms with Crippen molar-refractivity contribution in [2.45, 2.75) is 38.1 Å². The lowest BCUT2D eigenvalue weighted by Gasteiger charge is -2.27. The maximum atomic E-state index is 5.12. The molecule has 0 aliphatic carbocycles. The normalized spacial score (nSPS) is 23.8. The monoisotopic (exact) mass is 388 g/mol. The fourth-order valence-corrected chi connectivity index (χ4v) is 5.61. The van der Waals surface area contributed by atoms with Crippen molar-refractivity contribution in [3.05, 3.63) is 83.4 Å². The number of aromatic nitrogens is 2. The predicted molar refractivity (Wildman–Crippen MR) is 116 cm³/mol. The Morgan fingerprint density at radius 3 is 2.57 bits per heavy atom. The molecule has 0 spiro atoms. The van der Waals surface area contributed by atoms with Crippen molar-refractivity contribution < 1.29 is 0 Å². The summed E-state index contributed by atoms with van der Waals surface area (Å²) in [5, 5.41) is 1.74. The second-order valence-corrected chi connectivity index (χ2v) is 9.04. The first-order valence-corrected chi connectivity index (χ1v) is 10.7. The summed E-state index contributed by atoms with van der Waals surface area (Å²) in [6.07, 6.45) is 1.87. The van der Waals surface area contributed by atoms with Crippen molar-refractivity contribution >= 4 is 16.9 Å². The first kappa shape index (κ1) is 17.6. The Morgan fingerprint density at radius 1 is 1.04 bits per heavy atom. The largest absolute Gasteiger partial charge is 0.341 e. The molecule has 2 aliphatic heterocycles. The summed E-state index contributed by atoms with van der Waals surface area (Å²) in [6.45, 7) is 7.74. The number of hydrogen-bond acceptors (Lipinski definition) is 4. The SMILES string of the molecule is Cc1cc([C@H]2[C@H](c3ccccn3)N=C3S[C@@H](C)CN32)c(C)n1-c1ccccc1. The van der Waals surface area contributed by atoms with Crippen LogP contribution >= 0.6 is 11.8 Å². The number of fused-ring (bicyclic) bond motifs is 1. The van der Waals surface area contributed by atoms with Gasteiger partial charge in [-0.3, -0.25) is 9.98 Å². The van der Waals surface area contributed by atoms with E-state index < -0.39 is 0 Å². The highest BCUT2D eigenvalue weighted by molar-refractivity contribution is 8.14. The fourth-order valence-electron chi connectivity index (χ4n) is 4.52. The van der Waals surface area contributed by atoms with Crippen LogP contribution in [0.2, 0.25) is 0 Å². The van der Waals surface area contributed by atoms with Gasteiger partial charge in [-0.25, -0.2) is 0 Å². The van der Waals surface area contributed by atoms with E-state index in [-0.39, 0.29) is 12.1 Å². The van der Waals surface area contributed by atoms with Gasteiger partial charge < -0.3 is 9.47 Å². The van der Waals surface area contributed by atoms with Crippen LogP contribution in [0.3, 0.4) is 0 Å². The van der Waals surface area contributed by atoms with E-state index in [2.05, 4.69) is 83.8 Å². The van der Waals surface area contributed by atoms with Crippen LogP contribution in [0.15, 0.2) is 65.8 Å². The van der Waals surface area contributed by atoms with Crippen LogP contribution in [0.25, 0.3) is 5.69 Å². The van der Waals surface area contributed by atoms with Gasteiger partial charge in [0.05, 0.1) is 11.7 Å². The topological polar surface area (TPSA) is 33.4 Å². The molecule has 0 bridgehead atoms. The highest BCUT2D eigenvalue weighted by Crippen LogP contribution is 2.48. The minimum Gasteiger partial charge on any atom is -0.341 e. The van der Waals surface area contributed by atoms with E-state index in [4.69, 9.17) is 4.99 Å². The maximum absolute atomic E-state index is 5.12. The standard InChI is InChI=1S/C23H24N4S/c1-15-13-19(17(3)27(15)18-9-5-4-6-10-18)22-21(20-11-7-8-12-24-20)25-23-26(22)14-16(2)28-23/h4-13,16,21-22H,14H2,1-3H3/t16-,21-,22-/m0/s1. The predicted octanol–water partition coefficient (Wildman–Crippen LogP) is 5.08. The zero-order valence-corrected chi connectivity index (χ0v) is 17.2. The summed E-state index contributed by atoms with van der Waals surface area (Å²) < 4.78 is 2.36. The average Bonchev–Trinajstić information content (AvgIpc) is 3.33. The van der Waals surface area contributed by atoms with E-state index in [0.29, 0.717) is 5.25 Å². The zero-order valence-electron chi connectivity index (χ0n) is 16.4. The van der Waals surface area contributed by atoms with E-state index in [0.717, 1.165) is 17.4 Å². The molecule has 0 unspecified atom stereocenters. The van der Waals surface area contributed by atoms with Gasteiger partial charge in [-0.1, -0.05) is 43.0 Å². The van der Waals surface area contributed by atoms with Gasteiger partial charge in [0.1, 0.15) is 6.04 Å². The molecule has 28 heavy (non-hydrogen) atoms. The Hall–Kier alpha value is -2.53. The summed E-state index contributed by atoms with van der Waals surface area (Å²) in [7, 11) is 0. The molecule has 1 aromatic carbocycles. The van der Waals surface area contributed by atoms with E-state index in [1.165, 1.54) is 22.6 Å². The van der Waals surface area contributed by atoms with Crippen molar-refractivity contribution in [3.8, 4) is 5.69 Å². The number of rotatable bonds is 3. The summed E-state index contributed by atoms with van der Waals surface area (Å²) in [6, 6.07) is 19.3. The molecule has 1 fully saturated rings. The number of pyridine rings is 1. The molecule has 2 aromatic heterocycles. The zero-order chi connectivity index (χ0) is 19.3. The van der Waals surface area contributed by atoms with Crippen molar-refractivity contribution in [2.24, 2.45) is 4.99 Å². The molecule has 1 saturated heterocycles. The Bertz CT molecular complexity index is 1030. The molecule has 5 rings (SSSR count). The molecule has 0 amide bonds. The molecule has 3 aromatic rings. The van der Waals surface area contributed by atoms with Gasteiger partial charge in [0.25, 0.3) is 0 Å². The lowest BCUT2D eigenvalue weighted by Crippen LogP contribution is -2.28. The molecule has 2 aliphatic rings. The van der Waals surface area contributed by atoms with Crippen molar-refractivity contribution in [2.75, 3.05) is 6.54 Å². The third-order valence-electron chi connectivity index (χ3n) is 5.68. The molecule has 4 nitrogen and oxygen atoms in total. The molecule has 5 heteroatoms. The van der Waals surface area contributed by atoms with Gasteiger partial charge in [0, 0.05) is 35.1 Å². The van der Waals surface area contributed by atoms with E-state index >= 15 is 0 Å². The number of aryl methyl sites for hydroxylation is 1. The third-order valence-corrected chi connectivity index (χ3v) is 6.79. The minimum absolute atomic E-state index is 0.0425. The fraction of sp³-hybridized carbons (Fsp3) is 0.304. The first-order valence-electron chi connectivity index (χ1n) is 9.80. The molecule has 0 radical (unpaired) electrons. The molecular formula is C23H24N4S. The van der Waals surface area contributed by atoms with Gasteiger partial charge in [-0.2, -0.15) is 0 Å². The average molecular weight is 389 g/mol. The van der Waals surface area contributed by atoms with Crippen molar-refractivity contribution in [1.29, 1.82) is 0 Å². The van der Waals surface area contributed by atoms with E-state index in [1.807, 2.05) is 24.0 Å². The number of para-hydroxylation sites is 1. The lowest BCUT2D eigenvalue weighted by atomic mass is 9.96. The lowest BCUT2D eigenvalue weighted by molar-refractivity contribution is 0.320. The quantitative estimate of drug-likeness (QED) is 0.627. The number of hydrogen-bond donors (Lipinski definition) is 0. The number of thioether (sulfide) groups is 1. The Kier molecular flexibility index (Phi) is 4.27. The number of nitrogens with zero attached hydrogens (tertiary/aromatic N) is 4. The number of aliphatic imine (C=N–C) groups is 1. The molecule has 4 heterocycles. The maximum Gasteiger partial charge on any atom is 0.160 e. The van der Waals surface area contributed by atoms with Gasteiger partial charge in [-0.05, 0) is 49.7 Å². The molecule has 3 atom stereocenters. The first-order chi connectivity index (χ1) is 13.6. The Morgan fingerprint density at radius 2 is 1.82 bits per heavy atom. The minimum atomic E-state index is 0.0425. The van der Waals surface area contributed by atoms with Gasteiger partial charge in [0.2, 0.25) is 0 Å². The molecule has 0 N–H and O–H groups in total. The second kappa shape index (κ2) is 6.82. The van der Waals surface area contributed by atoms with Crippen LogP contribution in [0.1, 0.15) is 41.7 Å². The number of amidine groups is 1. The molecular weight excluding hydrogens is 364 g/mol. The molecule has 0 saturated carbocycles.